The first-order valence-electron chi connectivity index (χ1n) is 9.96. The molecule has 2 aliphatic heterocycles. The number of aryl methyl sites for hydroxylation is 1. The van der Waals surface area contributed by atoms with Crippen molar-refractivity contribution in [3.8, 4) is 11.5 Å². The number of benzene rings is 2. The highest BCUT2D eigenvalue weighted by Gasteiger charge is 2.63. The fraction of sp³-hybridized carbons (Fsp3) is 0.391. The maximum absolute atomic E-state index is 13.4. The Kier molecular flexibility index (Phi) is 4.48. The zero-order valence-electron chi connectivity index (χ0n) is 15.9. The van der Waals surface area contributed by atoms with Crippen LogP contribution < -0.4 is 4.74 Å². The van der Waals surface area contributed by atoms with Gasteiger partial charge in [-0.05, 0) is 54.7 Å². The van der Waals surface area contributed by atoms with Crippen LogP contribution in [0.15, 0.2) is 36.4 Å². The van der Waals surface area contributed by atoms with Crippen LogP contribution in [0.1, 0.15) is 36.8 Å². The number of Topliss-reactive ketones (excluding diaryl/α,β-unsaturated/α-hetero) is 2. The number of hydrogen-bond acceptors (Lipinski definition) is 4. The highest BCUT2D eigenvalue weighted by atomic mass is 35.5. The molecule has 0 spiro atoms. The van der Waals surface area contributed by atoms with Gasteiger partial charge in [-0.25, -0.2) is 4.39 Å². The minimum atomic E-state index is -0.757. The van der Waals surface area contributed by atoms with Gasteiger partial charge >= 0.3 is 0 Å². The number of fused-ring (bicyclic) bond motifs is 5. The van der Waals surface area contributed by atoms with Crippen molar-refractivity contribution >= 4 is 23.2 Å². The molecule has 5 atom stereocenters. The maximum Gasteiger partial charge on any atom is 0.154 e. The van der Waals surface area contributed by atoms with Crippen LogP contribution in [-0.4, -0.2) is 23.8 Å². The molecule has 2 heterocycles. The van der Waals surface area contributed by atoms with Crippen LogP contribution in [0, 0.1) is 17.7 Å². The van der Waals surface area contributed by atoms with E-state index in [1.165, 1.54) is 18.2 Å². The lowest BCUT2D eigenvalue weighted by Crippen LogP contribution is -2.29. The fourth-order valence-electron chi connectivity index (χ4n) is 5.14. The van der Waals surface area contributed by atoms with E-state index < -0.39 is 11.7 Å². The van der Waals surface area contributed by atoms with Gasteiger partial charge in [-0.2, -0.15) is 0 Å². The van der Waals surface area contributed by atoms with Gasteiger partial charge < -0.3 is 9.47 Å². The van der Waals surface area contributed by atoms with E-state index in [1.54, 1.807) is 12.1 Å². The van der Waals surface area contributed by atoms with Crippen molar-refractivity contribution in [1.82, 2.24) is 0 Å². The van der Waals surface area contributed by atoms with Crippen molar-refractivity contribution < 1.29 is 23.5 Å². The van der Waals surface area contributed by atoms with Crippen LogP contribution in [0.25, 0.3) is 0 Å². The normalized spacial score (nSPS) is 30.1. The average Bonchev–Trinajstić information content (AvgIpc) is 3.39. The summed E-state index contributed by atoms with van der Waals surface area (Å²) in [5, 5.41) is -0.0302. The van der Waals surface area contributed by atoms with Crippen LogP contribution >= 0.6 is 11.6 Å². The lowest BCUT2D eigenvalue weighted by molar-refractivity contribution is -0.127. The summed E-state index contributed by atoms with van der Waals surface area (Å²) in [6.07, 6.45) is 2.18. The van der Waals surface area contributed by atoms with Gasteiger partial charge in [0.15, 0.2) is 11.6 Å². The first kappa shape index (κ1) is 18.8. The van der Waals surface area contributed by atoms with E-state index in [2.05, 4.69) is 0 Å². The van der Waals surface area contributed by atoms with Crippen LogP contribution in [0.2, 0.25) is 5.02 Å². The Balaban J connectivity index is 1.49. The van der Waals surface area contributed by atoms with Gasteiger partial charge in [0.1, 0.15) is 23.2 Å². The van der Waals surface area contributed by atoms with Gasteiger partial charge in [-0.15, -0.1) is 0 Å². The molecule has 5 rings (SSSR count). The van der Waals surface area contributed by atoms with Crippen LogP contribution in [0.4, 0.5) is 4.39 Å². The van der Waals surface area contributed by atoms with Crippen LogP contribution in [0.5, 0.6) is 11.5 Å². The lowest BCUT2D eigenvalue weighted by Gasteiger charge is -2.17. The minimum Gasteiger partial charge on any atom is -0.457 e. The Bertz CT molecular complexity index is 992. The molecular formula is C23H20ClFO4. The molecule has 1 aliphatic carbocycles. The molecular weight excluding hydrogens is 395 g/mol. The number of ether oxygens (including phenoxy) is 2. The predicted octanol–water partition coefficient (Wildman–Crippen LogP) is 4.86. The third-order valence-corrected chi connectivity index (χ3v) is 6.73. The molecule has 150 valence electrons. The Hall–Kier alpha value is -2.24. The molecule has 0 radical (unpaired) electrons. The number of hydrogen-bond donors (Lipinski definition) is 0. The highest BCUT2D eigenvalue weighted by Crippen LogP contribution is 2.52. The minimum absolute atomic E-state index is 0.0242. The highest BCUT2D eigenvalue weighted by molar-refractivity contribution is 6.30. The van der Waals surface area contributed by atoms with E-state index in [0.29, 0.717) is 23.5 Å². The molecule has 1 saturated carbocycles. The average molecular weight is 415 g/mol. The third-order valence-electron chi connectivity index (χ3n) is 6.44. The molecule has 2 aromatic rings. The third kappa shape index (κ3) is 2.90. The summed E-state index contributed by atoms with van der Waals surface area (Å²) < 4.78 is 25.1. The lowest BCUT2D eigenvalue weighted by atomic mass is 9.81. The van der Waals surface area contributed by atoms with E-state index in [0.717, 1.165) is 18.4 Å². The number of carbonyl (C=O) groups excluding carboxylic acids is 2. The largest absolute Gasteiger partial charge is 0.457 e. The quantitative estimate of drug-likeness (QED) is 0.670. The molecule has 0 amide bonds. The molecule has 3 fully saturated rings. The number of carbonyl (C=O) groups is 2. The summed E-state index contributed by atoms with van der Waals surface area (Å²) in [5.74, 6) is -1.07. The van der Waals surface area contributed by atoms with E-state index in [4.69, 9.17) is 21.1 Å². The van der Waals surface area contributed by atoms with Crippen molar-refractivity contribution in [1.29, 1.82) is 0 Å². The summed E-state index contributed by atoms with van der Waals surface area (Å²) in [6, 6.07) is 9.56. The van der Waals surface area contributed by atoms with Crippen molar-refractivity contribution in [2.75, 3.05) is 0 Å². The molecule has 2 bridgehead atoms. The molecule has 3 aliphatic rings. The molecule has 1 unspecified atom stereocenters. The number of halogens is 2. The van der Waals surface area contributed by atoms with Gasteiger partial charge in [0.2, 0.25) is 0 Å². The molecule has 2 aromatic carbocycles. The Morgan fingerprint density at radius 2 is 1.66 bits per heavy atom. The van der Waals surface area contributed by atoms with Gasteiger partial charge in [0, 0.05) is 6.07 Å². The van der Waals surface area contributed by atoms with E-state index >= 15 is 0 Å². The van der Waals surface area contributed by atoms with Crippen LogP contribution in [-0.2, 0) is 20.7 Å². The summed E-state index contributed by atoms with van der Waals surface area (Å²) in [5.41, 5.74) is 1.66. The summed E-state index contributed by atoms with van der Waals surface area (Å²) >= 11 is 5.83. The number of ketones is 2. The Morgan fingerprint density at radius 1 is 1.03 bits per heavy atom. The van der Waals surface area contributed by atoms with E-state index in [1.807, 2.05) is 13.0 Å². The smallest absolute Gasteiger partial charge is 0.154 e. The molecule has 6 heteroatoms. The van der Waals surface area contributed by atoms with E-state index in [-0.39, 0.29) is 40.6 Å². The maximum atomic E-state index is 13.4. The van der Waals surface area contributed by atoms with Crippen molar-refractivity contribution in [3.05, 3.63) is 58.4 Å². The summed E-state index contributed by atoms with van der Waals surface area (Å²) in [7, 11) is 0. The van der Waals surface area contributed by atoms with Crippen molar-refractivity contribution in [2.45, 2.75) is 44.3 Å². The number of rotatable bonds is 4. The molecule has 29 heavy (non-hydrogen) atoms. The molecule has 2 saturated heterocycles. The van der Waals surface area contributed by atoms with Gasteiger partial charge in [0.25, 0.3) is 0 Å². The van der Waals surface area contributed by atoms with Crippen molar-refractivity contribution in [3.63, 3.8) is 0 Å². The zero-order chi connectivity index (χ0) is 20.3. The zero-order valence-corrected chi connectivity index (χ0v) is 16.6. The first-order valence-corrected chi connectivity index (χ1v) is 10.3. The second kappa shape index (κ2) is 6.92. The molecule has 0 aromatic heterocycles. The Labute approximate surface area is 173 Å². The first-order chi connectivity index (χ1) is 14.0. The standard InChI is InChI=1S/C23H20ClFO4/c1-2-11-3-4-12(28-13-5-6-16(25)15(24)10-13)9-14(11)19-22(26)20-17-7-8-18(29-17)21(20)23(19)27/h3-6,9-10,17-21H,2,7-8H2,1H3/t17-,18+,19?,20-,21+. The molecule has 0 N–H and O–H groups in total. The second-order valence-corrected chi connectivity index (χ2v) is 8.38. The van der Waals surface area contributed by atoms with Crippen LogP contribution in [0.3, 0.4) is 0 Å². The molecule has 4 nitrogen and oxygen atoms in total. The Morgan fingerprint density at radius 3 is 2.28 bits per heavy atom. The topological polar surface area (TPSA) is 52.6 Å². The van der Waals surface area contributed by atoms with Gasteiger partial charge in [-0.3, -0.25) is 9.59 Å². The fourth-order valence-corrected chi connectivity index (χ4v) is 5.31. The van der Waals surface area contributed by atoms with E-state index in [9.17, 15) is 14.0 Å². The monoisotopic (exact) mass is 414 g/mol. The summed E-state index contributed by atoms with van der Waals surface area (Å²) in [6.45, 7) is 2.00. The second-order valence-electron chi connectivity index (χ2n) is 7.97. The van der Waals surface area contributed by atoms with Crippen molar-refractivity contribution in [2.24, 2.45) is 11.8 Å². The van der Waals surface area contributed by atoms with Gasteiger partial charge in [-0.1, -0.05) is 24.6 Å². The predicted molar refractivity (Wildman–Crippen MR) is 105 cm³/mol. The summed E-state index contributed by atoms with van der Waals surface area (Å²) in [4.78, 5) is 26.4. The van der Waals surface area contributed by atoms with Gasteiger partial charge in [0.05, 0.1) is 29.1 Å². The SMILES string of the molecule is CCc1ccc(Oc2ccc(F)c(Cl)c2)cc1C1C(=O)[C@@H]2[C@H](C1=O)[C@H]1CC[C@@H]2O1.